The van der Waals surface area contributed by atoms with Crippen LogP contribution in [0.5, 0.6) is 0 Å². The fourth-order valence-corrected chi connectivity index (χ4v) is 3.76. The van der Waals surface area contributed by atoms with E-state index in [-0.39, 0.29) is 31.3 Å². The number of piperidine rings is 1. The monoisotopic (exact) mass is 403 g/mol. The van der Waals surface area contributed by atoms with E-state index in [1.807, 2.05) is 4.90 Å². The van der Waals surface area contributed by atoms with E-state index >= 15 is 0 Å². The number of rotatable bonds is 9. The molecule has 0 saturated carbocycles. The van der Waals surface area contributed by atoms with Crippen molar-refractivity contribution in [1.82, 2.24) is 15.5 Å². The number of aliphatic carboxylic acids is 1. The smallest absolute Gasteiger partial charge is 0.305 e. The normalized spacial score (nSPS) is 21.2. The average Bonchev–Trinajstić information content (AvgIpc) is 3.14. The lowest BCUT2D eigenvalue weighted by Gasteiger charge is -2.25. The van der Waals surface area contributed by atoms with Gasteiger partial charge in [-0.05, 0) is 51.0 Å². The van der Waals surface area contributed by atoms with Crippen molar-refractivity contribution >= 4 is 17.8 Å². The molecule has 0 bridgehead atoms. The Morgan fingerprint density at radius 3 is 2.83 bits per heavy atom. The number of carboxylic acids is 1. The first-order valence-corrected chi connectivity index (χ1v) is 10.4. The van der Waals surface area contributed by atoms with E-state index in [2.05, 4.69) is 36.3 Å². The van der Waals surface area contributed by atoms with Gasteiger partial charge in [0.05, 0.1) is 6.42 Å². The van der Waals surface area contributed by atoms with Crippen LogP contribution in [0.25, 0.3) is 0 Å². The molecule has 2 aliphatic heterocycles. The molecular formula is C22H33N3O4. The number of carbonyl (C=O) groups excluding carboxylic acids is 2. The molecule has 2 heterocycles. The van der Waals surface area contributed by atoms with Crippen molar-refractivity contribution < 1.29 is 19.5 Å². The molecule has 2 amide bonds. The first-order chi connectivity index (χ1) is 13.9. The lowest BCUT2D eigenvalue weighted by Crippen LogP contribution is -2.39. The number of hydrogen-bond acceptors (Lipinski definition) is 4. The molecule has 29 heavy (non-hydrogen) atoms. The van der Waals surface area contributed by atoms with Crippen LogP contribution in [-0.2, 0) is 14.4 Å². The van der Waals surface area contributed by atoms with Gasteiger partial charge in [-0.15, -0.1) is 0 Å². The number of nitrogens with zero attached hydrogens (tertiary/aromatic N) is 1. The molecule has 0 spiro atoms. The zero-order chi connectivity index (χ0) is 21.2. The second-order valence-corrected chi connectivity index (χ2v) is 7.81. The molecule has 2 saturated heterocycles. The Morgan fingerprint density at radius 1 is 1.31 bits per heavy atom. The molecule has 2 aliphatic rings. The third-order valence-corrected chi connectivity index (χ3v) is 5.46. The number of carbonyl (C=O) groups is 3. The van der Waals surface area contributed by atoms with Crippen LogP contribution in [0, 0.1) is 0 Å². The minimum absolute atomic E-state index is 0.0479. The summed E-state index contributed by atoms with van der Waals surface area (Å²) in [5.41, 5.74) is 3.53. The second-order valence-electron chi connectivity index (χ2n) is 7.81. The summed E-state index contributed by atoms with van der Waals surface area (Å²) < 4.78 is 0. The number of allylic oxidation sites excluding steroid dienone is 4. The van der Waals surface area contributed by atoms with Gasteiger partial charge in [-0.3, -0.25) is 14.4 Å². The van der Waals surface area contributed by atoms with Crippen molar-refractivity contribution in [1.29, 1.82) is 0 Å². The van der Waals surface area contributed by atoms with Crippen molar-refractivity contribution in [2.75, 3.05) is 19.6 Å². The maximum Gasteiger partial charge on any atom is 0.305 e. The quantitative estimate of drug-likeness (QED) is 0.514. The van der Waals surface area contributed by atoms with E-state index in [0.717, 1.165) is 50.8 Å². The third kappa shape index (κ3) is 7.75. The standard InChI is InChI=1S/C22H33N3O4/c1-16(7-9-18-5-3-12-23-17(18)2)8-10-19-6-4-14-25(19)21(27)15-20(26)24-13-11-22(28)29/h7,9,19,23H,2-6,8,10-15H2,1H3,(H,24,26)(H,28,29)/b16-7+,18-9-. The number of likely N-dealkylation sites (tertiary alicyclic amines) is 1. The predicted molar refractivity (Wildman–Crippen MR) is 112 cm³/mol. The summed E-state index contributed by atoms with van der Waals surface area (Å²) in [4.78, 5) is 36.6. The number of amides is 2. The minimum Gasteiger partial charge on any atom is -0.481 e. The van der Waals surface area contributed by atoms with E-state index < -0.39 is 11.9 Å². The number of carboxylic acid groups (broad SMARTS) is 1. The van der Waals surface area contributed by atoms with Crippen molar-refractivity contribution in [2.24, 2.45) is 0 Å². The molecule has 7 nitrogen and oxygen atoms in total. The third-order valence-electron chi connectivity index (χ3n) is 5.46. The summed E-state index contributed by atoms with van der Waals surface area (Å²) in [5.74, 6) is -1.56. The van der Waals surface area contributed by atoms with Crippen LogP contribution in [0.2, 0.25) is 0 Å². The van der Waals surface area contributed by atoms with Crippen LogP contribution in [-0.4, -0.2) is 53.5 Å². The molecule has 2 rings (SSSR count). The topological polar surface area (TPSA) is 98.7 Å². The van der Waals surface area contributed by atoms with Crippen LogP contribution in [0.1, 0.15) is 58.3 Å². The first kappa shape index (κ1) is 22.7. The highest BCUT2D eigenvalue weighted by atomic mass is 16.4. The average molecular weight is 404 g/mol. The van der Waals surface area contributed by atoms with Crippen LogP contribution < -0.4 is 10.6 Å². The molecule has 0 aromatic heterocycles. The number of nitrogens with one attached hydrogen (secondary N) is 2. The predicted octanol–water partition coefficient (Wildman–Crippen LogP) is 2.51. The van der Waals surface area contributed by atoms with Gasteiger partial charge in [0.15, 0.2) is 0 Å². The highest BCUT2D eigenvalue weighted by Crippen LogP contribution is 2.24. The van der Waals surface area contributed by atoms with Crippen molar-refractivity contribution in [3.63, 3.8) is 0 Å². The lowest BCUT2D eigenvalue weighted by molar-refractivity contribution is -0.137. The molecule has 0 aromatic rings. The zero-order valence-electron chi connectivity index (χ0n) is 17.3. The summed E-state index contributed by atoms with van der Waals surface area (Å²) >= 11 is 0. The molecule has 160 valence electrons. The van der Waals surface area contributed by atoms with Gasteiger partial charge in [-0.1, -0.05) is 24.3 Å². The summed E-state index contributed by atoms with van der Waals surface area (Å²) in [6.07, 6.45) is 9.81. The van der Waals surface area contributed by atoms with E-state index in [1.54, 1.807) is 0 Å². The highest BCUT2D eigenvalue weighted by Gasteiger charge is 2.29. The maximum atomic E-state index is 12.5. The minimum atomic E-state index is -0.973. The van der Waals surface area contributed by atoms with Crippen LogP contribution >= 0.6 is 0 Å². The summed E-state index contributed by atoms with van der Waals surface area (Å²) in [7, 11) is 0. The van der Waals surface area contributed by atoms with Crippen molar-refractivity contribution in [3.05, 3.63) is 35.6 Å². The summed E-state index contributed by atoms with van der Waals surface area (Å²) in [6.45, 7) is 7.87. The van der Waals surface area contributed by atoms with Gasteiger partial charge in [0.25, 0.3) is 0 Å². The molecule has 0 aliphatic carbocycles. The fraction of sp³-hybridized carbons (Fsp3) is 0.591. The molecule has 1 atom stereocenters. The van der Waals surface area contributed by atoms with E-state index in [4.69, 9.17) is 5.11 Å². The van der Waals surface area contributed by atoms with Gasteiger partial charge in [0.2, 0.25) is 11.8 Å². The van der Waals surface area contributed by atoms with Crippen LogP contribution in [0.4, 0.5) is 0 Å². The van der Waals surface area contributed by atoms with Crippen molar-refractivity contribution in [2.45, 2.75) is 64.3 Å². The van der Waals surface area contributed by atoms with Gasteiger partial charge in [0, 0.05) is 31.4 Å². The fourth-order valence-electron chi connectivity index (χ4n) is 3.76. The van der Waals surface area contributed by atoms with Crippen molar-refractivity contribution in [3.8, 4) is 0 Å². The van der Waals surface area contributed by atoms with E-state index in [0.29, 0.717) is 6.54 Å². The molecular weight excluding hydrogens is 370 g/mol. The molecule has 3 N–H and O–H groups in total. The van der Waals surface area contributed by atoms with Crippen LogP contribution in [0.15, 0.2) is 35.6 Å². The van der Waals surface area contributed by atoms with Crippen LogP contribution in [0.3, 0.4) is 0 Å². The van der Waals surface area contributed by atoms with Gasteiger partial charge in [0.1, 0.15) is 6.42 Å². The molecule has 0 aromatic carbocycles. The van der Waals surface area contributed by atoms with E-state index in [9.17, 15) is 14.4 Å². The molecule has 2 fully saturated rings. The number of hydrogen-bond donors (Lipinski definition) is 3. The zero-order valence-corrected chi connectivity index (χ0v) is 17.3. The Labute approximate surface area is 172 Å². The Kier molecular flexibility index (Phi) is 8.96. The van der Waals surface area contributed by atoms with Gasteiger partial charge >= 0.3 is 5.97 Å². The summed E-state index contributed by atoms with van der Waals surface area (Å²) in [6, 6.07) is 0.164. The Hall–Kier alpha value is -2.57. The first-order valence-electron chi connectivity index (χ1n) is 10.4. The Balaban J connectivity index is 1.79. The summed E-state index contributed by atoms with van der Waals surface area (Å²) in [5, 5.41) is 14.4. The Bertz CT molecular complexity index is 696. The Morgan fingerprint density at radius 2 is 2.10 bits per heavy atom. The molecule has 1 unspecified atom stereocenters. The SMILES string of the molecule is C=C1NCCC/C1=C/C=C(\C)CCC1CCCN1C(=O)CC(=O)NCCC(=O)O. The lowest BCUT2D eigenvalue weighted by atomic mass is 10.0. The molecule has 7 heteroatoms. The van der Waals surface area contributed by atoms with Gasteiger partial charge in [-0.2, -0.15) is 0 Å². The molecule has 0 radical (unpaired) electrons. The second kappa shape index (κ2) is 11.4. The highest BCUT2D eigenvalue weighted by molar-refractivity contribution is 5.97. The van der Waals surface area contributed by atoms with Gasteiger partial charge < -0.3 is 20.6 Å². The van der Waals surface area contributed by atoms with E-state index in [1.165, 1.54) is 11.1 Å². The maximum absolute atomic E-state index is 12.5. The largest absolute Gasteiger partial charge is 0.481 e. The van der Waals surface area contributed by atoms with Gasteiger partial charge in [-0.25, -0.2) is 0 Å².